The van der Waals surface area contributed by atoms with Gasteiger partial charge < -0.3 is 10.8 Å². The number of rotatable bonds is 5. The van der Waals surface area contributed by atoms with Crippen LogP contribution >= 0.6 is 0 Å². The summed E-state index contributed by atoms with van der Waals surface area (Å²) < 4.78 is 27.3. The minimum absolute atomic E-state index is 0.0162. The molecule has 1 atom stereocenters. The van der Waals surface area contributed by atoms with Gasteiger partial charge in [-0.05, 0) is 30.2 Å². The Hall–Kier alpha value is -1.89. The van der Waals surface area contributed by atoms with Gasteiger partial charge in [0.25, 0.3) is 0 Å². The van der Waals surface area contributed by atoms with Crippen molar-refractivity contribution in [2.45, 2.75) is 17.9 Å². The summed E-state index contributed by atoms with van der Waals surface area (Å²) in [6.07, 6.45) is 0. The van der Waals surface area contributed by atoms with Crippen molar-refractivity contribution in [2.24, 2.45) is 0 Å². The van der Waals surface area contributed by atoms with E-state index in [0.717, 1.165) is 5.56 Å². The molecule has 0 saturated heterocycles. The van der Waals surface area contributed by atoms with E-state index in [2.05, 4.69) is 4.72 Å². The first-order valence-corrected chi connectivity index (χ1v) is 7.96. The van der Waals surface area contributed by atoms with Crippen molar-refractivity contribution in [3.05, 3.63) is 59.7 Å². The molecule has 0 aromatic heterocycles. The lowest BCUT2D eigenvalue weighted by atomic mass is 10.1. The van der Waals surface area contributed by atoms with Gasteiger partial charge in [-0.15, -0.1) is 0 Å². The van der Waals surface area contributed by atoms with Crippen LogP contribution in [-0.4, -0.2) is 20.1 Å². The molecule has 0 radical (unpaired) electrons. The minimum atomic E-state index is -3.80. The molecule has 4 N–H and O–H groups in total. The van der Waals surface area contributed by atoms with Crippen molar-refractivity contribution in [3.63, 3.8) is 0 Å². The Morgan fingerprint density at radius 2 is 1.86 bits per heavy atom. The molecule has 2 rings (SSSR count). The van der Waals surface area contributed by atoms with E-state index in [-0.39, 0.29) is 17.2 Å². The van der Waals surface area contributed by atoms with Gasteiger partial charge in [0.1, 0.15) is 4.90 Å². The molecule has 112 valence electrons. The van der Waals surface area contributed by atoms with Gasteiger partial charge in [0, 0.05) is 0 Å². The summed E-state index contributed by atoms with van der Waals surface area (Å²) in [4.78, 5) is 0.0162. The number of aliphatic hydroxyl groups is 1. The number of hydrogen-bond acceptors (Lipinski definition) is 4. The predicted molar refractivity (Wildman–Crippen MR) is 82.2 cm³/mol. The second-order valence-corrected chi connectivity index (χ2v) is 6.49. The number of aliphatic hydroxyl groups excluding tert-OH is 1. The average molecular weight is 306 g/mol. The smallest absolute Gasteiger partial charge is 0.243 e. The highest BCUT2D eigenvalue weighted by Gasteiger charge is 2.22. The number of sulfonamides is 1. The normalized spacial score (nSPS) is 13.0. The molecule has 0 aliphatic heterocycles. The second kappa shape index (κ2) is 6.26. The van der Waals surface area contributed by atoms with E-state index in [4.69, 9.17) is 5.73 Å². The van der Waals surface area contributed by atoms with Crippen molar-refractivity contribution >= 4 is 15.7 Å². The van der Waals surface area contributed by atoms with Gasteiger partial charge in [0.15, 0.2) is 0 Å². The van der Waals surface area contributed by atoms with Crippen molar-refractivity contribution in [2.75, 3.05) is 12.3 Å². The van der Waals surface area contributed by atoms with Crippen LogP contribution in [0, 0.1) is 6.92 Å². The molecule has 2 aromatic rings. The summed E-state index contributed by atoms with van der Waals surface area (Å²) in [5, 5.41) is 9.44. The van der Waals surface area contributed by atoms with Crippen LogP contribution in [0.4, 0.5) is 5.69 Å². The highest BCUT2D eigenvalue weighted by atomic mass is 32.2. The molecule has 21 heavy (non-hydrogen) atoms. The highest BCUT2D eigenvalue weighted by Crippen LogP contribution is 2.22. The SMILES string of the molecule is Cc1ccc(S(=O)(=O)N[C@H](CO)c2ccccc2)c(N)c1. The van der Waals surface area contributed by atoms with E-state index in [9.17, 15) is 13.5 Å². The number of nitrogens with one attached hydrogen (secondary N) is 1. The topological polar surface area (TPSA) is 92.4 Å². The third-order valence-electron chi connectivity index (χ3n) is 3.14. The molecule has 0 spiro atoms. The van der Waals surface area contributed by atoms with Gasteiger partial charge >= 0.3 is 0 Å². The fourth-order valence-corrected chi connectivity index (χ4v) is 3.39. The molecule has 6 heteroatoms. The Morgan fingerprint density at radius 1 is 1.19 bits per heavy atom. The first-order valence-electron chi connectivity index (χ1n) is 6.48. The summed E-state index contributed by atoms with van der Waals surface area (Å²) in [7, 11) is -3.80. The standard InChI is InChI=1S/C15H18N2O3S/c1-11-7-8-15(13(16)9-11)21(19,20)17-14(10-18)12-5-3-2-4-6-12/h2-9,14,17-18H,10,16H2,1H3/t14-/m1/s1. The number of anilines is 1. The summed E-state index contributed by atoms with van der Waals surface area (Å²) in [5.74, 6) is 0. The van der Waals surface area contributed by atoms with Crippen LogP contribution < -0.4 is 10.5 Å². The molecule has 5 nitrogen and oxygen atoms in total. The van der Waals surface area contributed by atoms with E-state index in [0.29, 0.717) is 5.56 Å². The van der Waals surface area contributed by atoms with E-state index in [1.165, 1.54) is 6.07 Å². The zero-order valence-corrected chi connectivity index (χ0v) is 12.5. The molecule has 0 aliphatic rings. The van der Waals surface area contributed by atoms with Crippen LogP contribution in [-0.2, 0) is 10.0 Å². The molecule has 0 aliphatic carbocycles. The van der Waals surface area contributed by atoms with Crippen LogP contribution in [0.2, 0.25) is 0 Å². The van der Waals surface area contributed by atoms with E-state index < -0.39 is 16.1 Å². The fraction of sp³-hybridized carbons (Fsp3) is 0.200. The second-order valence-electron chi connectivity index (χ2n) is 4.81. The molecular weight excluding hydrogens is 288 g/mol. The molecule has 0 amide bonds. The molecular formula is C15H18N2O3S. The fourth-order valence-electron chi connectivity index (χ4n) is 2.06. The lowest BCUT2D eigenvalue weighted by Crippen LogP contribution is -2.31. The molecule has 0 fully saturated rings. The Labute approximate surface area is 124 Å². The molecule has 0 unspecified atom stereocenters. The Bertz CT molecular complexity index is 715. The van der Waals surface area contributed by atoms with Gasteiger partial charge in [-0.25, -0.2) is 13.1 Å². The van der Waals surface area contributed by atoms with E-state index >= 15 is 0 Å². The third kappa shape index (κ3) is 3.60. The molecule has 0 bridgehead atoms. The maximum atomic E-state index is 12.4. The van der Waals surface area contributed by atoms with Crippen molar-refractivity contribution < 1.29 is 13.5 Å². The van der Waals surface area contributed by atoms with Gasteiger partial charge in [-0.1, -0.05) is 36.4 Å². The van der Waals surface area contributed by atoms with Crippen LogP contribution in [0.5, 0.6) is 0 Å². The van der Waals surface area contributed by atoms with Crippen LogP contribution in [0.3, 0.4) is 0 Å². The summed E-state index contributed by atoms with van der Waals surface area (Å²) in [5.41, 5.74) is 7.54. The Morgan fingerprint density at radius 3 is 2.43 bits per heavy atom. The van der Waals surface area contributed by atoms with Gasteiger partial charge in [-0.3, -0.25) is 0 Å². The number of aryl methyl sites for hydroxylation is 1. The maximum Gasteiger partial charge on any atom is 0.243 e. The lowest BCUT2D eigenvalue weighted by Gasteiger charge is -2.17. The first kappa shape index (κ1) is 15.5. The summed E-state index contributed by atoms with van der Waals surface area (Å²) in [6, 6.07) is 12.9. The van der Waals surface area contributed by atoms with Gasteiger partial charge in [0.05, 0.1) is 18.3 Å². The molecule has 0 heterocycles. The van der Waals surface area contributed by atoms with Gasteiger partial charge in [-0.2, -0.15) is 0 Å². The van der Waals surface area contributed by atoms with Crippen molar-refractivity contribution in [3.8, 4) is 0 Å². The van der Waals surface area contributed by atoms with Crippen LogP contribution in [0.25, 0.3) is 0 Å². The summed E-state index contributed by atoms with van der Waals surface area (Å²) >= 11 is 0. The Balaban J connectivity index is 2.32. The quantitative estimate of drug-likeness (QED) is 0.731. The van der Waals surface area contributed by atoms with Crippen LogP contribution in [0.1, 0.15) is 17.2 Å². The highest BCUT2D eigenvalue weighted by molar-refractivity contribution is 7.89. The number of nitrogens with two attached hydrogens (primary N) is 1. The number of nitrogen functional groups attached to an aromatic ring is 1. The van der Waals surface area contributed by atoms with E-state index in [1.807, 2.05) is 13.0 Å². The maximum absolute atomic E-state index is 12.4. The zero-order valence-electron chi connectivity index (χ0n) is 11.7. The monoisotopic (exact) mass is 306 g/mol. The van der Waals surface area contributed by atoms with Crippen LogP contribution in [0.15, 0.2) is 53.4 Å². The summed E-state index contributed by atoms with van der Waals surface area (Å²) in [6.45, 7) is 1.50. The number of hydrogen-bond donors (Lipinski definition) is 3. The van der Waals surface area contributed by atoms with Crippen molar-refractivity contribution in [1.82, 2.24) is 4.72 Å². The van der Waals surface area contributed by atoms with Gasteiger partial charge in [0.2, 0.25) is 10.0 Å². The number of benzene rings is 2. The third-order valence-corrected chi connectivity index (χ3v) is 4.68. The van der Waals surface area contributed by atoms with E-state index in [1.54, 1.807) is 36.4 Å². The molecule has 0 saturated carbocycles. The zero-order chi connectivity index (χ0) is 15.5. The van der Waals surface area contributed by atoms with Crippen molar-refractivity contribution in [1.29, 1.82) is 0 Å². The molecule has 2 aromatic carbocycles. The lowest BCUT2D eigenvalue weighted by molar-refractivity contribution is 0.259. The Kier molecular flexibility index (Phi) is 4.62. The predicted octanol–water partition coefficient (Wildman–Crippen LogP) is 1.59. The average Bonchev–Trinajstić information content (AvgIpc) is 2.45. The minimum Gasteiger partial charge on any atom is -0.398 e. The largest absolute Gasteiger partial charge is 0.398 e. The first-order chi connectivity index (χ1) is 9.94.